The lowest BCUT2D eigenvalue weighted by Crippen LogP contribution is -1.84. The first kappa shape index (κ1) is 8.75. The molecule has 0 aliphatic rings. The molecule has 0 radical (unpaired) electrons. The Balaban J connectivity index is 2.41. The number of hydrogen-bond acceptors (Lipinski definition) is 2. The second-order valence-corrected chi connectivity index (χ2v) is 3.13. The Labute approximate surface area is 82.5 Å². The molecule has 0 saturated heterocycles. The molecule has 0 saturated carbocycles. The molecule has 14 heavy (non-hydrogen) atoms. The van der Waals surface area contributed by atoms with E-state index in [9.17, 15) is 0 Å². The van der Waals surface area contributed by atoms with E-state index in [0.29, 0.717) is 6.42 Å². The molecular formula is C12H11NO. The number of aliphatic hydroxyl groups is 1. The van der Waals surface area contributed by atoms with E-state index in [2.05, 4.69) is 11.1 Å². The topological polar surface area (TPSA) is 33.1 Å². The van der Waals surface area contributed by atoms with Crippen molar-refractivity contribution in [3.63, 3.8) is 0 Å². The number of aromatic nitrogens is 1. The minimum absolute atomic E-state index is 0.717. The van der Waals surface area contributed by atoms with Gasteiger partial charge in [0, 0.05) is 11.6 Å². The van der Waals surface area contributed by atoms with Crippen molar-refractivity contribution in [3.8, 4) is 0 Å². The van der Waals surface area contributed by atoms with Crippen molar-refractivity contribution in [2.45, 2.75) is 6.42 Å². The van der Waals surface area contributed by atoms with Crippen LogP contribution in [0.25, 0.3) is 10.9 Å². The van der Waals surface area contributed by atoms with Crippen LogP contribution in [0.5, 0.6) is 0 Å². The molecule has 0 amide bonds. The van der Waals surface area contributed by atoms with E-state index in [-0.39, 0.29) is 0 Å². The van der Waals surface area contributed by atoms with Gasteiger partial charge < -0.3 is 5.11 Å². The van der Waals surface area contributed by atoms with E-state index < -0.39 is 0 Å². The molecule has 1 aromatic heterocycles. The molecule has 0 bridgehead atoms. The second kappa shape index (κ2) is 3.92. The highest BCUT2D eigenvalue weighted by Gasteiger charge is 1.94. The highest BCUT2D eigenvalue weighted by molar-refractivity contribution is 5.78. The number of pyridine rings is 1. The van der Waals surface area contributed by atoms with Gasteiger partial charge in [-0.2, -0.15) is 0 Å². The van der Waals surface area contributed by atoms with E-state index in [1.165, 1.54) is 0 Å². The van der Waals surface area contributed by atoms with Crippen molar-refractivity contribution in [2.24, 2.45) is 0 Å². The van der Waals surface area contributed by atoms with Crippen molar-refractivity contribution in [1.82, 2.24) is 4.98 Å². The molecule has 1 N–H and O–H groups in total. The largest absolute Gasteiger partial charge is 0.516 e. The Bertz CT molecular complexity index is 463. The normalized spacial score (nSPS) is 11.1. The van der Waals surface area contributed by atoms with Crippen molar-refractivity contribution in [1.29, 1.82) is 0 Å². The van der Waals surface area contributed by atoms with Crippen molar-refractivity contribution >= 4 is 10.9 Å². The number of rotatable bonds is 2. The van der Waals surface area contributed by atoms with Gasteiger partial charge in [-0.15, -0.1) is 0 Å². The summed E-state index contributed by atoms with van der Waals surface area (Å²) >= 11 is 0. The average molecular weight is 185 g/mol. The Kier molecular flexibility index (Phi) is 2.45. The van der Waals surface area contributed by atoms with E-state index in [1.54, 1.807) is 6.08 Å². The van der Waals surface area contributed by atoms with Gasteiger partial charge in [-0.1, -0.05) is 18.2 Å². The molecule has 0 unspecified atom stereocenters. The number of nitrogens with zero attached hydrogens (tertiary/aromatic N) is 1. The number of benzene rings is 1. The molecule has 70 valence electrons. The molecule has 2 nitrogen and oxygen atoms in total. The van der Waals surface area contributed by atoms with Gasteiger partial charge in [-0.05, 0) is 30.2 Å². The predicted molar refractivity (Wildman–Crippen MR) is 57.2 cm³/mol. The number of allylic oxidation sites excluding steroid dienone is 1. The first-order valence-electron chi connectivity index (χ1n) is 4.53. The maximum absolute atomic E-state index is 8.54. The summed E-state index contributed by atoms with van der Waals surface area (Å²) < 4.78 is 0. The highest BCUT2D eigenvalue weighted by Crippen LogP contribution is 2.12. The zero-order chi connectivity index (χ0) is 9.80. The highest BCUT2D eigenvalue weighted by atomic mass is 16.2. The maximum atomic E-state index is 8.54. The third-order valence-corrected chi connectivity index (χ3v) is 2.11. The molecule has 2 rings (SSSR count). The molecular weight excluding hydrogens is 174 g/mol. The maximum Gasteiger partial charge on any atom is 0.0755 e. The Hall–Kier alpha value is -1.83. The fourth-order valence-electron chi connectivity index (χ4n) is 1.42. The second-order valence-electron chi connectivity index (χ2n) is 3.13. The average Bonchev–Trinajstić information content (AvgIpc) is 2.26. The number of hydrogen-bond donors (Lipinski definition) is 1. The Morgan fingerprint density at radius 1 is 1.29 bits per heavy atom. The van der Waals surface area contributed by atoms with Gasteiger partial charge in [0.2, 0.25) is 0 Å². The lowest BCUT2D eigenvalue weighted by atomic mass is 10.1. The summed E-state index contributed by atoms with van der Waals surface area (Å²) in [4.78, 5) is 4.32. The summed E-state index contributed by atoms with van der Waals surface area (Å²) in [5, 5.41) is 9.68. The molecule has 2 heteroatoms. The van der Waals surface area contributed by atoms with Crippen LogP contribution in [0.1, 0.15) is 5.56 Å². The van der Waals surface area contributed by atoms with Crippen molar-refractivity contribution in [3.05, 3.63) is 54.4 Å². The lowest BCUT2D eigenvalue weighted by Gasteiger charge is -1.99. The summed E-state index contributed by atoms with van der Waals surface area (Å²) in [6.07, 6.45) is 5.32. The first-order chi connectivity index (χ1) is 6.90. The van der Waals surface area contributed by atoms with Crippen LogP contribution in [0.15, 0.2) is 48.9 Å². The molecule has 0 aliphatic carbocycles. The molecule has 0 fully saturated rings. The van der Waals surface area contributed by atoms with Crippen LogP contribution >= 0.6 is 0 Å². The van der Waals surface area contributed by atoms with Gasteiger partial charge in [0.15, 0.2) is 0 Å². The summed E-state index contributed by atoms with van der Waals surface area (Å²) in [6, 6.07) is 10.1. The van der Waals surface area contributed by atoms with E-state index in [4.69, 9.17) is 5.11 Å². The Morgan fingerprint density at radius 3 is 3.00 bits per heavy atom. The van der Waals surface area contributed by atoms with E-state index in [1.807, 2.05) is 30.5 Å². The quantitative estimate of drug-likeness (QED) is 0.730. The van der Waals surface area contributed by atoms with Crippen LogP contribution in [0.2, 0.25) is 0 Å². The number of aliphatic hydroxyl groups excluding tert-OH is 1. The van der Waals surface area contributed by atoms with Crippen LogP contribution < -0.4 is 0 Å². The first-order valence-corrected chi connectivity index (χ1v) is 4.53. The van der Waals surface area contributed by atoms with Crippen LogP contribution in [-0.2, 0) is 6.42 Å². The van der Waals surface area contributed by atoms with Crippen LogP contribution in [0.3, 0.4) is 0 Å². The molecule has 1 heterocycles. The zero-order valence-corrected chi connectivity index (χ0v) is 7.72. The minimum Gasteiger partial charge on any atom is -0.516 e. The van der Waals surface area contributed by atoms with Crippen LogP contribution in [0.4, 0.5) is 0 Å². The van der Waals surface area contributed by atoms with Gasteiger partial charge in [0.1, 0.15) is 0 Å². The SMILES string of the molecule is OC=CCc1cnc2ccccc2c1. The van der Waals surface area contributed by atoms with Gasteiger partial charge in [-0.25, -0.2) is 0 Å². The monoisotopic (exact) mass is 185 g/mol. The standard InChI is InChI=1S/C12H11NO/c14-7-3-4-10-8-11-5-1-2-6-12(11)13-9-10/h1-3,5-9,14H,4H2. The number of para-hydroxylation sites is 1. The fraction of sp³-hybridized carbons (Fsp3) is 0.0833. The van der Waals surface area contributed by atoms with E-state index >= 15 is 0 Å². The molecule has 0 atom stereocenters. The number of fused-ring (bicyclic) bond motifs is 1. The lowest BCUT2D eigenvalue weighted by molar-refractivity contribution is 0.471. The predicted octanol–water partition coefficient (Wildman–Crippen LogP) is 2.85. The van der Waals surface area contributed by atoms with Gasteiger partial charge >= 0.3 is 0 Å². The fourth-order valence-corrected chi connectivity index (χ4v) is 1.42. The van der Waals surface area contributed by atoms with Gasteiger partial charge in [-0.3, -0.25) is 4.98 Å². The molecule has 0 spiro atoms. The molecule has 1 aromatic carbocycles. The van der Waals surface area contributed by atoms with Gasteiger partial charge in [0.05, 0.1) is 11.8 Å². The third kappa shape index (κ3) is 1.74. The van der Waals surface area contributed by atoms with Crippen molar-refractivity contribution in [2.75, 3.05) is 0 Å². The van der Waals surface area contributed by atoms with Crippen LogP contribution in [-0.4, -0.2) is 10.1 Å². The minimum atomic E-state index is 0.717. The summed E-state index contributed by atoms with van der Waals surface area (Å²) in [5.74, 6) is 0. The Morgan fingerprint density at radius 2 is 2.14 bits per heavy atom. The van der Waals surface area contributed by atoms with Crippen molar-refractivity contribution < 1.29 is 5.11 Å². The molecule has 2 aromatic rings. The van der Waals surface area contributed by atoms with Gasteiger partial charge in [0.25, 0.3) is 0 Å². The molecule has 0 aliphatic heterocycles. The smallest absolute Gasteiger partial charge is 0.0755 e. The summed E-state index contributed by atoms with van der Waals surface area (Å²) in [5.41, 5.74) is 2.11. The summed E-state index contributed by atoms with van der Waals surface area (Å²) in [6.45, 7) is 0. The van der Waals surface area contributed by atoms with E-state index in [0.717, 1.165) is 22.7 Å². The van der Waals surface area contributed by atoms with Crippen LogP contribution in [0, 0.1) is 0 Å². The zero-order valence-electron chi connectivity index (χ0n) is 7.72. The summed E-state index contributed by atoms with van der Waals surface area (Å²) in [7, 11) is 0. The third-order valence-electron chi connectivity index (χ3n) is 2.11.